The summed E-state index contributed by atoms with van der Waals surface area (Å²) in [5, 5.41) is 2.29. The van der Waals surface area contributed by atoms with Gasteiger partial charge in [0.15, 0.2) is 0 Å². The first-order valence-electron chi connectivity index (χ1n) is 2.53. The molecule has 0 spiro atoms. The number of ether oxygens (including phenoxy) is 2. The minimum absolute atomic E-state index is 0.265. The van der Waals surface area contributed by atoms with E-state index in [0.717, 1.165) is 0 Å². The van der Waals surface area contributed by atoms with Gasteiger partial charge in [-0.25, -0.2) is 4.74 Å². The molecular formula is C4H5F3NO2. The number of nitrogens with one attached hydrogen (secondary N) is 1. The number of halogens is 3. The molecule has 1 fully saturated rings. The van der Waals surface area contributed by atoms with Crippen LogP contribution in [0.15, 0.2) is 0 Å². The summed E-state index contributed by atoms with van der Waals surface area (Å²) >= 11 is 0. The molecule has 1 unspecified atom stereocenters. The van der Waals surface area contributed by atoms with Gasteiger partial charge < -0.3 is 4.74 Å². The highest BCUT2D eigenvalue weighted by molar-refractivity contribution is 4.64. The number of alkyl halides is 3. The predicted octanol–water partition coefficient (Wildman–Crippen LogP) is 0.588. The molecule has 1 radical (unpaired) electrons. The Balaban J connectivity index is 2.24. The zero-order chi connectivity index (χ0) is 7.61. The van der Waals surface area contributed by atoms with Crippen molar-refractivity contribution in [2.75, 3.05) is 6.54 Å². The van der Waals surface area contributed by atoms with Crippen LogP contribution in [-0.4, -0.2) is 19.3 Å². The molecule has 0 aliphatic carbocycles. The van der Waals surface area contributed by atoms with Gasteiger partial charge in [0, 0.05) is 6.54 Å². The minimum Gasteiger partial charge on any atom is -0.332 e. The van der Waals surface area contributed by atoms with E-state index in [2.05, 4.69) is 14.8 Å². The van der Waals surface area contributed by atoms with Crippen molar-refractivity contribution in [1.29, 1.82) is 0 Å². The zero-order valence-corrected chi connectivity index (χ0v) is 4.81. The van der Waals surface area contributed by atoms with E-state index < -0.39 is 12.8 Å². The van der Waals surface area contributed by atoms with Gasteiger partial charge in [0.2, 0.25) is 6.41 Å². The average Bonchev–Trinajstić information content (AvgIpc) is 2.12. The maximum Gasteiger partial charge on any atom is 0.525 e. The maximum absolute atomic E-state index is 11.4. The molecular weight excluding hydrogens is 151 g/mol. The lowest BCUT2D eigenvalue weighted by Crippen LogP contribution is -2.32. The summed E-state index contributed by atoms with van der Waals surface area (Å²) in [7, 11) is 0. The minimum atomic E-state index is -4.64. The highest BCUT2D eigenvalue weighted by atomic mass is 19.4. The maximum atomic E-state index is 11.4. The highest BCUT2D eigenvalue weighted by Crippen LogP contribution is 2.19. The van der Waals surface area contributed by atoms with Crippen LogP contribution in [0, 0.1) is 6.61 Å². The summed E-state index contributed by atoms with van der Waals surface area (Å²) in [4.78, 5) is 0. The van der Waals surface area contributed by atoms with E-state index in [4.69, 9.17) is 0 Å². The summed E-state index contributed by atoms with van der Waals surface area (Å²) in [5.41, 5.74) is 0. The number of hydrogen-bond donors (Lipinski definition) is 1. The molecule has 59 valence electrons. The molecule has 0 amide bonds. The first kappa shape index (κ1) is 7.77. The summed E-state index contributed by atoms with van der Waals surface area (Å²) in [5.74, 6) is 0. The molecule has 3 nitrogen and oxygen atoms in total. The molecule has 1 aliphatic rings. The van der Waals surface area contributed by atoms with Gasteiger partial charge in [-0.3, -0.25) is 5.32 Å². The second-order valence-corrected chi connectivity index (χ2v) is 1.61. The molecule has 0 aromatic heterocycles. The van der Waals surface area contributed by atoms with Crippen molar-refractivity contribution in [3.05, 3.63) is 6.61 Å². The van der Waals surface area contributed by atoms with Gasteiger partial charge >= 0.3 is 6.36 Å². The van der Waals surface area contributed by atoms with Crippen molar-refractivity contribution in [3.63, 3.8) is 0 Å². The molecule has 0 aromatic carbocycles. The van der Waals surface area contributed by atoms with Gasteiger partial charge in [-0.1, -0.05) is 0 Å². The summed E-state index contributed by atoms with van der Waals surface area (Å²) in [6, 6.07) is 0. The van der Waals surface area contributed by atoms with E-state index in [9.17, 15) is 13.2 Å². The highest BCUT2D eigenvalue weighted by Gasteiger charge is 2.35. The van der Waals surface area contributed by atoms with E-state index in [-0.39, 0.29) is 6.54 Å². The molecule has 1 atom stereocenters. The Hall–Kier alpha value is -0.330. The Kier molecular flexibility index (Phi) is 2.12. The number of hydrogen-bond acceptors (Lipinski definition) is 3. The summed E-state index contributed by atoms with van der Waals surface area (Å²) < 4.78 is 41.8. The fourth-order valence-electron chi connectivity index (χ4n) is 0.519. The molecule has 1 heterocycles. The third-order valence-electron chi connectivity index (χ3n) is 0.828. The lowest BCUT2D eigenvalue weighted by atomic mass is 10.7. The van der Waals surface area contributed by atoms with Crippen LogP contribution < -0.4 is 5.32 Å². The van der Waals surface area contributed by atoms with Crippen LogP contribution in [0.3, 0.4) is 0 Å². The fourth-order valence-corrected chi connectivity index (χ4v) is 0.519. The molecule has 6 heteroatoms. The van der Waals surface area contributed by atoms with Gasteiger partial charge in [0.05, 0.1) is 0 Å². The first-order valence-corrected chi connectivity index (χ1v) is 2.53. The van der Waals surface area contributed by atoms with Crippen molar-refractivity contribution in [1.82, 2.24) is 5.32 Å². The van der Waals surface area contributed by atoms with Gasteiger partial charge in [-0.05, 0) is 0 Å². The predicted molar refractivity (Wildman–Crippen MR) is 24.3 cm³/mol. The van der Waals surface area contributed by atoms with Crippen molar-refractivity contribution in [2.45, 2.75) is 12.8 Å². The van der Waals surface area contributed by atoms with Crippen LogP contribution >= 0.6 is 0 Å². The molecule has 1 N–H and O–H groups in total. The monoisotopic (exact) mass is 156 g/mol. The Bertz CT molecular complexity index is 110. The Morgan fingerprint density at radius 3 is 2.70 bits per heavy atom. The smallest absolute Gasteiger partial charge is 0.332 e. The standard InChI is InChI=1S/C4H5F3NO2/c5-4(6,7)10-3-8-1-2-9-3/h2-3,8H,1H2. The first-order chi connectivity index (χ1) is 4.58. The van der Waals surface area contributed by atoms with Gasteiger partial charge in [0.25, 0.3) is 0 Å². The van der Waals surface area contributed by atoms with Crippen molar-refractivity contribution in [2.24, 2.45) is 0 Å². The van der Waals surface area contributed by atoms with Crippen molar-refractivity contribution < 1.29 is 22.6 Å². The summed E-state index contributed by atoms with van der Waals surface area (Å²) in [6.07, 6.45) is -6.02. The Morgan fingerprint density at radius 2 is 2.30 bits per heavy atom. The topological polar surface area (TPSA) is 30.5 Å². The molecule has 0 bridgehead atoms. The molecule has 0 saturated carbocycles. The number of rotatable bonds is 1. The van der Waals surface area contributed by atoms with Crippen LogP contribution in [-0.2, 0) is 9.47 Å². The normalized spacial score (nSPS) is 27.3. The lowest BCUT2D eigenvalue weighted by molar-refractivity contribution is -0.373. The van der Waals surface area contributed by atoms with Crippen molar-refractivity contribution >= 4 is 0 Å². The average molecular weight is 156 g/mol. The van der Waals surface area contributed by atoms with E-state index in [1.165, 1.54) is 6.61 Å². The van der Waals surface area contributed by atoms with Gasteiger partial charge in [0.1, 0.15) is 6.61 Å². The van der Waals surface area contributed by atoms with E-state index in [1.54, 1.807) is 0 Å². The lowest BCUT2D eigenvalue weighted by Gasteiger charge is -2.12. The SMILES string of the molecule is FC(F)(F)OC1NC[CH]O1. The molecule has 1 aliphatic heterocycles. The van der Waals surface area contributed by atoms with Gasteiger partial charge in [-0.2, -0.15) is 0 Å². The second-order valence-electron chi connectivity index (χ2n) is 1.61. The fraction of sp³-hybridized carbons (Fsp3) is 0.750. The van der Waals surface area contributed by atoms with E-state index in [0.29, 0.717) is 0 Å². The zero-order valence-electron chi connectivity index (χ0n) is 4.81. The van der Waals surface area contributed by atoms with E-state index >= 15 is 0 Å². The molecule has 0 aromatic rings. The third-order valence-corrected chi connectivity index (χ3v) is 0.828. The summed E-state index contributed by atoms with van der Waals surface area (Å²) in [6.45, 7) is 1.47. The van der Waals surface area contributed by atoms with E-state index in [1.807, 2.05) is 0 Å². The Labute approximate surface area is 55.1 Å². The molecule has 1 rings (SSSR count). The van der Waals surface area contributed by atoms with Crippen LogP contribution in [0.25, 0.3) is 0 Å². The van der Waals surface area contributed by atoms with Crippen LogP contribution in [0.5, 0.6) is 0 Å². The van der Waals surface area contributed by atoms with Crippen molar-refractivity contribution in [3.8, 4) is 0 Å². The van der Waals surface area contributed by atoms with Crippen LogP contribution in [0.4, 0.5) is 13.2 Å². The largest absolute Gasteiger partial charge is 0.525 e. The van der Waals surface area contributed by atoms with Crippen LogP contribution in [0.1, 0.15) is 0 Å². The Morgan fingerprint density at radius 1 is 1.60 bits per heavy atom. The third kappa shape index (κ3) is 2.51. The quantitative estimate of drug-likeness (QED) is 0.602. The van der Waals surface area contributed by atoms with Gasteiger partial charge in [-0.15, -0.1) is 13.2 Å². The molecule has 1 saturated heterocycles. The molecule has 10 heavy (non-hydrogen) atoms. The second kappa shape index (κ2) is 2.73. The van der Waals surface area contributed by atoms with Crippen LogP contribution in [0.2, 0.25) is 0 Å².